The molecule has 0 aliphatic carbocycles. The number of alkyl carbamates (subject to hydrolysis) is 1. The Balaban J connectivity index is 1.29. The molecule has 10 heteroatoms. The number of aromatic nitrogens is 4. The SMILES string of the molecule is COC(=O)N[C@H](CC(CCCN)c1nc2ccc3cc(-c4ccc5nc([C@@H]6CCCN6C(C)=O)[nH]c5c4)ccc3c2[nH]1)C(C)C. The van der Waals surface area contributed by atoms with E-state index in [9.17, 15) is 9.59 Å². The predicted octanol–water partition coefficient (Wildman–Crippen LogP) is 6.54. The third-order valence-corrected chi connectivity index (χ3v) is 9.27. The van der Waals surface area contributed by atoms with Crippen molar-refractivity contribution in [2.45, 2.75) is 70.9 Å². The molecule has 0 radical (unpaired) electrons. The van der Waals surface area contributed by atoms with Gasteiger partial charge in [-0.3, -0.25) is 4.79 Å². The summed E-state index contributed by atoms with van der Waals surface area (Å²) in [7, 11) is 1.39. The number of nitrogens with one attached hydrogen (secondary N) is 3. The maximum Gasteiger partial charge on any atom is 0.407 e. The first kappa shape index (κ1) is 30.6. The van der Waals surface area contributed by atoms with Crippen LogP contribution in [0.2, 0.25) is 0 Å². The number of H-pyrrole nitrogens is 2. The summed E-state index contributed by atoms with van der Waals surface area (Å²) in [5, 5.41) is 5.23. The van der Waals surface area contributed by atoms with Crippen molar-refractivity contribution >= 4 is 44.8 Å². The Labute approximate surface area is 263 Å². The third-order valence-electron chi connectivity index (χ3n) is 9.27. The minimum Gasteiger partial charge on any atom is -0.453 e. The standard InChI is InChI=1S/C35H43N7O3/c1-20(2)29(40-35(44)45-4)19-25(7-5-15-36)33-38-28-14-11-24-17-22(9-12-26(24)32(28)41-33)23-10-13-27-30(18-23)39-34(37-27)31-8-6-16-42(31)21(3)43/h9-14,17-18,20,25,29,31H,5-8,15-16,19,36H2,1-4H3,(H,37,39)(H,38,41)(H,40,44)/t25?,29-,31+/m1/s1. The maximum atomic E-state index is 12.1. The molecule has 1 unspecified atom stereocenters. The van der Waals surface area contributed by atoms with E-state index in [4.69, 9.17) is 20.4 Å². The second kappa shape index (κ2) is 12.9. The van der Waals surface area contributed by atoms with Crippen molar-refractivity contribution in [2.75, 3.05) is 20.2 Å². The maximum absolute atomic E-state index is 12.1. The third kappa shape index (κ3) is 6.24. The Hall–Kier alpha value is -4.44. The highest BCUT2D eigenvalue weighted by Crippen LogP contribution is 2.35. The summed E-state index contributed by atoms with van der Waals surface area (Å²) in [5.41, 5.74) is 11.9. The van der Waals surface area contributed by atoms with E-state index in [0.717, 1.165) is 94.3 Å². The Morgan fingerprint density at radius 2 is 1.84 bits per heavy atom. The minimum atomic E-state index is -0.418. The van der Waals surface area contributed by atoms with Gasteiger partial charge < -0.3 is 30.7 Å². The lowest BCUT2D eigenvalue weighted by molar-refractivity contribution is -0.129. The average Bonchev–Trinajstić information content (AvgIpc) is 3.79. The highest BCUT2D eigenvalue weighted by molar-refractivity contribution is 6.05. The Morgan fingerprint density at radius 3 is 2.60 bits per heavy atom. The van der Waals surface area contributed by atoms with Crippen LogP contribution in [0.25, 0.3) is 44.0 Å². The van der Waals surface area contributed by atoms with Crippen LogP contribution in [-0.2, 0) is 9.53 Å². The first-order valence-electron chi connectivity index (χ1n) is 16.0. The van der Waals surface area contributed by atoms with Crippen LogP contribution in [0.5, 0.6) is 0 Å². The molecule has 45 heavy (non-hydrogen) atoms. The van der Waals surface area contributed by atoms with Gasteiger partial charge in [0.1, 0.15) is 11.6 Å². The number of hydrogen-bond donors (Lipinski definition) is 4. The largest absolute Gasteiger partial charge is 0.453 e. The summed E-state index contributed by atoms with van der Waals surface area (Å²) >= 11 is 0. The van der Waals surface area contributed by atoms with E-state index >= 15 is 0 Å². The number of carbonyl (C=O) groups excluding carboxylic acids is 2. The van der Waals surface area contributed by atoms with Crippen molar-refractivity contribution in [1.29, 1.82) is 0 Å². The Bertz CT molecular complexity index is 1840. The van der Waals surface area contributed by atoms with Crippen molar-refractivity contribution < 1.29 is 14.3 Å². The van der Waals surface area contributed by atoms with Crippen LogP contribution in [-0.4, -0.2) is 63.1 Å². The molecule has 0 saturated carbocycles. The van der Waals surface area contributed by atoms with E-state index in [1.165, 1.54) is 7.11 Å². The van der Waals surface area contributed by atoms with Gasteiger partial charge >= 0.3 is 6.09 Å². The van der Waals surface area contributed by atoms with Gasteiger partial charge in [0.05, 0.1) is 35.2 Å². The first-order chi connectivity index (χ1) is 21.7. The average molecular weight is 610 g/mol. The number of benzene rings is 3. The molecule has 1 aliphatic rings. The van der Waals surface area contributed by atoms with Gasteiger partial charge in [-0.05, 0) is 85.3 Å². The highest BCUT2D eigenvalue weighted by Gasteiger charge is 2.30. The summed E-state index contributed by atoms with van der Waals surface area (Å²) in [6.07, 6.45) is 3.98. The van der Waals surface area contributed by atoms with Crippen LogP contribution in [0, 0.1) is 5.92 Å². The number of nitrogens with two attached hydrogens (primary N) is 1. The first-order valence-corrected chi connectivity index (χ1v) is 16.0. The molecule has 1 saturated heterocycles. The molecule has 10 nitrogen and oxygen atoms in total. The monoisotopic (exact) mass is 609 g/mol. The van der Waals surface area contributed by atoms with Crippen LogP contribution in [0.1, 0.15) is 76.5 Å². The number of likely N-dealkylation sites (tertiary alicyclic amines) is 1. The van der Waals surface area contributed by atoms with E-state index in [2.05, 4.69) is 71.6 Å². The van der Waals surface area contributed by atoms with Gasteiger partial charge in [0.15, 0.2) is 0 Å². The number of carbonyl (C=O) groups is 2. The molecular formula is C35H43N7O3. The smallest absolute Gasteiger partial charge is 0.407 e. The number of aromatic amines is 2. The summed E-state index contributed by atoms with van der Waals surface area (Å²) in [4.78, 5) is 43.1. The van der Waals surface area contributed by atoms with Gasteiger partial charge in [-0.15, -0.1) is 0 Å². The van der Waals surface area contributed by atoms with Crippen LogP contribution in [0.15, 0.2) is 48.5 Å². The van der Waals surface area contributed by atoms with Crippen molar-refractivity contribution in [3.05, 3.63) is 60.2 Å². The van der Waals surface area contributed by atoms with Gasteiger partial charge in [0, 0.05) is 30.8 Å². The number of ether oxygens (including phenoxy) is 1. The summed E-state index contributed by atoms with van der Waals surface area (Å²) in [5.74, 6) is 2.21. The van der Waals surface area contributed by atoms with E-state index in [-0.39, 0.29) is 29.8 Å². The highest BCUT2D eigenvalue weighted by atomic mass is 16.5. The number of amides is 2. The molecule has 0 spiro atoms. The van der Waals surface area contributed by atoms with Crippen molar-refractivity contribution in [3.8, 4) is 11.1 Å². The number of hydrogen-bond acceptors (Lipinski definition) is 6. The molecule has 3 heterocycles. The number of imidazole rings is 2. The van der Waals surface area contributed by atoms with Gasteiger partial charge in [0.2, 0.25) is 5.91 Å². The Kier molecular flexibility index (Phi) is 8.76. The molecular weight excluding hydrogens is 566 g/mol. The quantitative estimate of drug-likeness (QED) is 0.142. The summed E-state index contributed by atoms with van der Waals surface area (Å²) in [6, 6.07) is 17.0. The lowest BCUT2D eigenvalue weighted by Gasteiger charge is -2.26. The zero-order valence-corrected chi connectivity index (χ0v) is 26.5. The van der Waals surface area contributed by atoms with Crippen molar-refractivity contribution in [1.82, 2.24) is 30.2 Å². The van der Waals surface area contributed by atoms with Crippen LogP contribution >= 0.6 is 0 Å². The van der Waals surface area contributed by atoms with Crippen LogP contribution < -0.4 is 11.1 Å². The fraction of sp³-hybridized carbons (Fsp3) is 0.429. The molecule has 1 aliphatic heterocycles. The minimum absolute atomic E-state index is 0.0102. The molecule has 2 aromatic heterocycles. The topological polar surface area (TPSA) is 142 Å². The van der Waals surface area contributed by atoms with E-state index in [1.54, 1.807) is 6.92 Å². The van der Waals surface area contributed by atoms with Gasteiger partial charge in [-0.1, -0.05) is 38.1 Å². The fourth-order valence-corrected chi connectivity index (χ4v) is 6.74. The number of fused-ring (bicyclic) bond motifs is 4. The molecule has 6 rings (SSSR count). The summed E-state index contributed by atoms with van der Waals surface area (Å²) in [6.45, 7) is 7.21. The van der Waals surface area contributed by atoms with Gasteiger partial charge in [0.25, 0.3) is 0 Å². The molecule has 236 valence electrons. The molecule has 1 fully saturated rings. The van der Waals surface area contributed by atoms with E-state index in [1.807, 2.05) is 11.0 Å². The van der Waals surface area contributed by atoms with Gasteiger partial charge in [-0.2, -0.15) is 0 Å². The molecule has 3 aromatic carbocycles. The molecule has 5 aromatic rings. The fourth-order valence-electron chi connectivity index (χ4n) is 6.74. The second-order valence-electron chi connectivity index (χ2n) is 12.6. The zero-order chi connectivity index (χ0) is 31.7. The number of rotatable bonds is 10. The van der Waals surface area contributed by atoms with Crippen molar-refractivity contribution in [3.63, 3.8) is 0 Å². The van der Waals surface area contributed by atoms with E-state index < -0.39 is 6.09 Å². The number of methoxy groups -OCH3 is 1. The summed E-state index contributed by atoms with van der Waals surface area (Å²) < 4.78 is 4.88. The van der Waals surface area contributed by atoms with Crippen molar-refractivity contribution in [2.24, 2.45) is 11.7 Å². The van der Waals surface area contributed by atoms with Gasteiger partial charge in [-0.25, -0.2) is 14.8 Å². The molecule has 5 N–H and O–H groups in total. The van der Waals surface area contributed by atoms with Crippen LogP contribution in [0.3, 0.4) is 0 Å². The normalized spacial score (nSPS) is 16.6. The lowest BCUT2D eigenvalue weighted by Crippen LogP contribution is -2.39. The van der Waals surface area contributed by atoms with E-state index in [0.29, 0.717) is 6.54 Å². The number of nitrogens with zero attached hydrogens (tertiary/aromatic N) is 3. The molecule has 2 amide bonds. The predicted molar refractivity (Wildman–Crippen MR) is 178 cm³/mol. The zero-order valence-electron chi connectivity index (χ0n) is 26.5. The van der Waals surface area contributed by atoms with Crippen LogP contribution in [0.4, 0.5) is 4.79 Å². The molecule has 0 bridgehead atoms. The molecule has 3 atom stereocenters. The lowest BCUT2D eigenvalue weighted by atomic mass is 9.89. The Morgan fingerprint density at radius 1 is 1.07 bits per heavy atom. The second-order valence-corrected chi connectivity index (χ2v) is 12.6.